The molecule has 0 heterocycles. The van der Waals surface area contributed by atoms with Crippen molar-refractivity contribution in [3.05, 3.63) is 34.3 Å². The summed E-state index contributed by atoms with van der Waals surface area (Å²) in [7, 11) is 0. The number of rotatable bonds is 5. The lowest BCUT2D eigenvalue weighted by atomic mass is 10.1. The number of halogens is 1. The van der Waals surface area contributed by atoms with E-state index in [0.717, 1.165) is 4.47 Å². The van der Waals surface area contributed by atoms with Crippen molar-refractivity contribution in [1.82, 2.24) is 0 Å². The van der Waals surface area contributed by atoms with Crippen LogP contribution in [0.4, 0.5) is 0 Å². The van der Waals surface area contributed by atoms with Crippen LogP contribution in [0.15, 0.2) is 28.7 Å². The van der Waals surface area contributed by atoms with Crippen LogP contribution in [-0.4, -0.2) is 12.6 Å². The molecule has 0 aromatic heterocycles. The summed E-state index contributed by atoms with van der Waals surface area (Å²) in [6.07, 6.45) is 0.143. The smallest absolute Gasteiger partial charge is 0.0724 e. The van der Waals surface area contributed by atoms with Gasteiger partial charge in [0.05, 0.1) is 12.7 Å². The quantitative estimate of drug-likeness (QED) is 0.894. The molecule has 0 amide bonds. The predicted molar refractivity (Wildman–Crippen MR) is 66.6 cm³/mol. The molecule has 0 aliphatic carbocycles. The molecule has 1 atom stereocenters. The van der Waals surface area contributed by atoms with Crippen molar-refractivity contribution in [2.75, 3.05) is 6.54 Å². The highest BCUT2D eigenvalue weighted by atomic mass is 79.9. The number of hydrogen-bond donors (Lipinski definition) is 1. The zero-order chi connectivity index (χ0) is 11.3. The molecule has 0 radical (unpaired) electrons. The zero-order valence-corrected chi connectivity index (χ0v) is 10.8. The topological polar surface area (TPSA) is 35.2 Å². The third kappa shape index (κ3) is 4.33. The van der Waals surface area contributed by atoms with Crippen molar-refractivity contribution in [2.45, 2.75) is 26.6 Å². The van der Waals surface area contributed by atoms with Crippen LogP contribution in [0.5, 0.6) is 0 Å². The minimum absolute atomic E-state index is 0.143. The fourth-order valence-corrected chi connectivity index (χ4v) is 1.81. The van der Waals surface area contributed by atoms with E-state index < -0.39 is 0 Å². The molecule has 2 N–H and O–H groups in total. The number of nitrogens with two attached hydrogens (primary N) is 1. The van der Waals surface area contributed by atoms with Crippen LogP contribution in [0.2, 0.25) is 0 Å². The van der Waals surface area contributed by atoms with Gasteiger partial charge in [0, 0.05) is 11.0 Å². The average molecular weight is 272 g/mol. The van der Waals surface area contributed by atoms with Gasteiger partial charge in [-0.15, -0.1) is 0 Å². The van der Waals surface area contributed by atoms with E-state index in [1.165, 1.54) is 5.56 Å². The van der Waals surface area contributed by atoms with Gasteiger partial charge in [-0.05, 0) is 23.6 Å². The highest BCUT2D eigenvalue weighted by Gasteiger charge is 2.11. The predicted octanol–water partition coefficient (Wildman–Crippen LogP) is 2.95. The lowest BCUT2D eigenvalue weighted by molar-refractivity contribution is 0.0168. The highest BCUT2D eigenvalue weighted by Crippen LogP contribution is 2.14. The third-order valence-electron chi connectivity index (χ3n) is 2.33. The van der Waals surface area contributed by atoms with E-state index in [4.69, 9.17) is 10.5 Å². The molecule has 0 saturated heterocycles. The van der Waals surface area contributed by atoms with E-state index >= 15 is 0 Å². The first-order valence-corrected chi connectivity index (χ1v) is 5.99. The molecule has 3 heteroatoms. The SMILES string of the molecule is CC(C)C(CN)OCc1cccc(Br)c1. The Labute approximate surface area is 99.9 Å². The van der Waals surface area contributed by atoms with Crippen molar-refractivity contribution in [2.24, 2.45) is 11.7 Å². The molecular weight excluding hydrogens is 254 g/mol. The Balaban J connectivity index is 2.49. The van der Waals surface area contributed by atoms with Crippen LogP contribution in [0.25, 0.3) is 0 Å². The first-order chi connectivity index (χ1) is 7.13. The number of hydrogen-bond acceptors (Lipinski definition) is 2. The molecule has 1 rings (SSSR count). The lowest BCUT2D eigenvalue weighted by Crippen LogP contribution is -2.28. The van der Waals surface area contributed by atoms with Crippen LogP contribution in [0.1, 0.15) is 19.4 Å². The van der Waals surface area contributed by atoms with E-state index in [1.54, 1.807) is 0 Å². The molecular formula is C12H18BrNO. The van der Waals surface area contributed by atoms with Crippen LogP contribution in [0.3, 0.4) is 0 Å². The average Bonchev–Trinajstić information content (AvgIpc) is 2.18. The second-order valence-corrected chi connectivity index (χ2v) is 4.87. The van der Waals surface area contributed by atoms with Gasteiger partial charge in [-0.1, -0.05) is 41.9 Å². The largest absolute Gasteiger partial charge is 0.372 e. The second-order valence-electron chi connectivity index (χ2n) is 3.96. The summed E-state index contributed by atoms with van der Waals surface area (Å²) in [6, 6.07) is 8.13. The molecule has 0 saturated carbocycles. The zero-order valence-electron chi connectivity index (χ0n) is 9.24. The summed E-state index contributed by atoms with van der Waals surface area (Å²) in [4.78, 5) is 0. The van der Waals surface area contributed by atoms with Gasteiger partial charge >= 0.3 is 0 Å². The van der Waals surface area contributed by atoms with Gasteiger partial charge in [0.15, 0.2) is 0 Å². The second kappa shape index (κ2) is 6.26. The maximum atomic E-state index is 5.75. The van der Waals surface area contributed by atoms with E-state index in [-0.39, 0.29) is 6.10 Å². The Hall–Kier alpha value is -0.380. The molecule has 0 aliphatic rings. The van der Waals surface area contributed by atoms with Crippen molar-refractivity contribution in [3.8, 4) is 0 Å². The fraction of sp³-hybridized carbons (Fsp3) is 0.500. The molecule has 0 fully saturated rings. The number of benzene rings is 1. The molecule has 0 aliphatic heterocycles. The Morgan fingerprint density at radius 3 is 2.67 bits per heavy atom. The molecule has 84 valence electrons. The normalized spacial score (nSPS) is 13.1. The minimum atomic E-state index is 0.143. The Kier molecular flexibility index (Phi) is 5.29. The minimum Gasteiger partial charge on any atom is -0.372 e. The van der Waals surface area contributed by atoms with E-state index in [9.17, 15) is 0 Å². The van der Waals surface area contributed by atoms with Crippen molar-refractivity contribution in [3.63, 3.8) is 0 Å². The van der Waals surface area contributed by atoms with Crippen LogP contribution in [0, 0.1) is 5.92 Å². The van der Waals surface area contributed by atoms with Crippen molar-refractivity contribution >= 4 is 15.9 Å². The van der Waals surface area contributed by atoms with E-state index in [0.29, 0.717) is 19.1 Å². The molecule has 1 aromatic carbocycles. The van der Waals surface area contributed by atoms with Gasteiger partial charge in [-0.2, -0.15) is 0 Å². The van der Waals surface area contributed by atoms with Gasteiger partial charge in [0.25, 0.3) is 0 Å². The molecule has 0 spiro atoms. The van der Waals surface area contributed by atoms with Gasteiger partial charge in [-0.25, -0.2) is 0 Å². The van der Waals surface area contributed by atoms with Gasteiger partial charge in [0.1, 0.15) is 0 Å². The monoisotopic (exact) mass is 271 g/mol. The summed E-state index contributed by atoms with van der Waals surface area (Å²) < 4.78 is 6.83. The molecule has 1 aromatic rings. The van der Waals surface area contributed by atoms with E-state index in [1.807, 2.05) is 12.1 Å². The third-order valence-corrected chi connectivity index (χ3v) is 2.82. The summed E-state index contributed by atoms with van der Waals surface area (Å²) in [5.74, 6) is 0.460. The Morgan fingerprint density at radius 2 is 2.13 bits per heavy atom. The van der Waals surface area contributed by atoms with Crippen molar-refractivity contribution < 1.29 is 4.74 Å². The van der Waals surface area contributed by atoms with Crippen LogP contribution < -0.4 is 5.73 Å². The molecule has 1 unspecified atom stereocenters. The molecule has 2 nitrogen and oxygen atoms in total. The maximum Gasteiger partial charge on any atom is 0.0724 e. The summed E-state index contributed by atoms with van der Waals surface area (Å²) >= 11 is 3.43. The van der Waals surface area contributed by atoms with Crippen LogP contribution in [-0.2, 0) is 11.3 Å². The maximum absolute atomic E-state index is 5.75. The Morgan fingerprint density at radius 1 is 1.40 bits per heavy atom. The fourth-order valence-electron chi connectivity index (χ4n) is 1.36. The Bertz CT molecular complexity index is 301. The summed E-state index contributed by atoms with van der Waals surface area (Å²) in [5, 5.41) is 0. The first kappa shape index (κ1) is 12.7. The van der Waals surface area contributed by atoms with Gasteiger partial charge in [0.2, 0.25) is 0 Å². The molecule has 15 heavy (non-hydrogen) atoms. The summed E-state index contributed by atoms with van der Waals surface area (Å²) in [5.41, 5.74) is 6.80. The lowest BCUT2D eigenvalue weighted by Gasteiger charge is -2.19. The highest BCUT2D eigenvalue weighted by molar-refractivity contribution is 9.10. The molecule has 0 bridgehead atoms. The van der Waals surface area contributed by atoms with Crippen molar-refractivity contribution in [1.29, 1.82) is 0 Å². The van der Waals surface area contributed by atoms with E-state index in [2.05, 4.69) is 41.9 Å². The standard InChI is InChI=1S/C12H18BrNO/c1-9(2)12(7-14)15-8-10-4-3-5-11(13)6-10/h3-6,9,12H,7-8,14H2,1-2H3. The van der Waals surface area contributed by atoms with Crippen LogP contribution >= 0.6 is 15.9 Å². The number of ether oxygens (including phenoxy) is 1. The van der Waals surface area contributed by atoms with Gasteiger partial charge in [-0.3, -0.25) is 0 Å². The summed E-state index contributed by atoms with van der Waals surface area (Å²) in [6.45, 7) is 5.45. The first-order valence-electron chi connectivity index (χ1n) is 5.19. The van der Waals surface area contributed by atoms with Gasteiger partial charge < -0.3 is 10.5 Å².